The lowest BCUT2D eigenvalue weighted by Gasteiger charge is -2.16. The monoisotopic (exact) mass is 455 g/mol. The molecule has 1 aromatic heterocycles. The van der Waals surface area contributed by atoms with Crippen molar-refractivity contribution in [2.24, 2.45) is 0 Å². The van der Waals surface area contributed by atoms with Gasteiger partial charge in [-0.3, -0.25) is 9.59 Å². The number of nitrogens with one attached hydrogen (secondary N) is 3. The molecule has 2 aromatic carbocycles. The molecular weight excluding hydrogens is 434 g/mol. The van der Waals surface area contributed by atoms with Gasteiger partial charge < -0.3 is 25.8 Å². The number of benzene rings is 2. The minimum Gasteiger partial charge on any atom is -0.504 e. The van der Waals surface area contributed by atoms with Crippen molar-refractivity contribution in [1.29, 1.82) is 0 Å². The van der Waals surface area contributed by atoms with Gasteiger partial charge in [0, 0.05) is 28.7 Å². The van der Waals surface area contributed by atoms with Gasteiger partial charge in [-0.05, 0) is 37.1 Å². The molecule has 0 saturated carbocycles. The minimum atomic E-state index is -0.691. The van der Waals surface area contributed by atoms with Crippen LogP contribution in [-0.2, 0) is 16.0 Å². The fourth-order valence-corrected chi connectivity index (χ4v) is 3.56. The number of hydrogen-bond donors (Lipinski definition) is 4. The maximum Gasteiger partial charge on any atom is 0.242 e. The predicted octanol–water partition coefficient (Wildman–Crippen LogP) is 2.68. The summed E-state index contributed by atoms with van der Waals surface area (Å²) in [5, 5.41) is 20.1. The van der Waals surface area contributed by atoms with E-state index in [2.05, 4.69) is 25.9 Å². The van der Waals surface area contributed by atoms with Gasteiger partial charge in [0.15, 0.2) is 11.5 Å². The Morgan fingerprint density at radius 2 is 2.03 bits per heavy atom. The average molecular weight is 456 g/mol. The summed E-state index contributed by atoms with van der Waals surface area (Å²) in [5.41, 5.74) is 1.78. The van der Waals surface area contributed by atoms with Crippen LogP contribution >= 0.6 is 11.6 Å². The van der Waals surface area contributed by atoms with E-state index in [4.69, 9.17) is 16.3 Å². The van der Waals surface area contributed by atoms with Crippen molar-refractivity contribution in [3.05, 3.63) is 47.2 Å². The third-order valence-corrected chi connectivity index (χ3v) is 5.28. The number of phenolic OH excluding ortho intramolecular Hbond substituents is 1. The highest BCUT2D eigenvalue weighted by atomic mass is 35.5. The number of nitrogens with zero attached hydrogens (tertiary/aromatic N) is 2. The van der Waals surface area contributed by atoms with Crippen LogP contribution in [0.4, 0.5) is 11.5 Å². The molecule has 0 saturated heterocycles. The summed E-state index contributed by atoms with van der Waals surface area (Å²) < 4.78 is 5.72. The summed E-state index contributed by atoms with van der Waals surface area (Å²) in [6.07, 6.45) is 1.93. The molecule has 1 atom stereocenters. The molecule has 4 N–H and O–H groups in total. The SMILES string of the molecule is CC1NC(=O)Cc2ccc(Cl)cc2Nc2ncnc3cc(O)c(cc23)OCCCNC1=O. The van der Waals surface area contributed by atoms with Crippen LogP contribution in [0.5, 0.6) is 11.5 Å². The van der Waals surface area contributed by atoms with E-state index in [1.54, 1.807) is 31.2 Å². The average Bonchev–Trinajstić information content (AvgIpc) is 2.75. The molecule has 0 fully saturated rings. The highest BCUT2D eigenvalue weighted by Gasteiger charge is 2.18. The van der Waals surface area contributed by atoms with Gasteiger partial charge in [-0.15, -0.1) is 0 Å². The van der Waals surface area contributed by atoms with E-state index in [9.17, 15) is 14.7 Å². The molecule has 32 heavy (non-hydrogen) atoms. The standard InChI is InChI=1S/C22H22ClN5O4/c1-12-22(31)24-5-2-6-32-19-9-15-17(10-18(19)29)25-11-26-21(15)28-16-8-14(23)4-3-13(16)7-20(30)27-12/h3-4,8-12,29H,2,5-7H2,1H3,(H,24,31)(H,27,30)(H,25,26,28). The Hall–Kier alpha value is -3.59. The van der Waals surface area contributed by atoms with Crippen molar-refractivity contribution < 1.29 is 19.4 Å². The molecule has 9 nitrogen and oxygen atoms in total. The first-order valence-corrected chi connectivity index (χ1v) is 10.5. The van der Waals surface area contributed by atoms with Crippen molar-refractivity contribution in [3.63, 3.8) is 0 Å². The van der Waals surface area contributed by atoms with Gasteiger partial charge in [-0.2, -0.15) is 0 Å². The van der Waals surface area contributed by atoms with Gasteiger partial charge in [-0.25, -0.2) is 9.97 Å². The number of hydrogen-bond acceptors (Lipinski definition) is 7. The van der Waals surface area contributed by atoms with Gasteiger partial charge >= 0.3 is 0 Å². The van der Waals surface area contributed by atoms with Gasteiger partial charge in [-0.1, -0.05) is 17.7 Å². The molecule has 3 aromatic rings. The molecule has 1 aliphatic rings. The number of fused-ring (bicyclic) bond motifs is 2. The van der Waals surface area contributed by atoms with E-state index in [1.807, 2.05) is 0 Å². The molecular formula is C22H22ClN5O4. The maximum atomic E-state index is 12.6. The topological polar surface area (TPSA) is 125 Å². The van der Waals surface area contributed by atoms with Crippen molar-refractivity contribution in [2.45, 2.75) is 25.8 Å². The Balaban J connectivity index is 1.77. The third-order valence-electron chi connectivity index (χ3n) is 5.04. The third kappa shape index (κ3) is 4.83. The zero-order valence-corrected chi connectivity index (χ0v) is 18.1. The van der Waals surface area contributed by atoms with Crippen molar-refractivity contribution in [3.8, 4) is 11.5 Å². The van der Waals surface area contributed by atoms with Gasteiger partial charge in [0.2, 0.25) is 11.8 Å². The molecule has 2 heterocycles. The smallest absolute Gasteiger partial charge is 0.242 e. The largest absolute Gasteiger partial charge is 0.504 e. The Morgan fingerprint density at radius 1 is 1.19 bits per heavy atom. The second-order valence-corrected chi connectivity index (χ2v) is 7.88. The van der Waals surface area contributed by atoms with Crippen LogP contribution < -0.4 is 20.7 Å². The minimum absolute atomic E-state index is 0.0370. The number of aromatic nitrogens is 2. The lowest BCUT2D eigenvalue weighted by atomic mass is 10.1. The molecule has 0 aliphatic carbocycles. The summed E-state index contributed by atoms with van der Waals surface area (Å²) in [6, 6.07) is 7.59. The van der Waals surface area contributed by atoms with E-state index in [1.165, 1.54) is 12.4 Å². The van der Waals surface area contributed by atoms with E-state index in [0.29, 0.717) is 46.0 Å². The van der Waals surface area contributed by atoms with Crippen molar-refractivity contribution in [1.82, 2.24) is 20.6 Å². The summed E-state index contributed by atoms with van der Waals surface area (Å²) >= 11 is 6.20. The molecule has 2 bridgehead atoms. The summed E-state index contributed by atoms with van der Waals surface area (Å²) in [6.45, 7) is 2.26. The fourth-order valence-electron chi connectivity index (χ4n) is 3.38. The fraction of sp³-hybridized carbons (Fsp3) is 0.273. The lowest BCUT2D eigenvalue weighted by molar-refractivity contribution is -0.128. The Kier molecular flexibility index (Phi) is 6.27. The molecule has 10 heteroatoms. The van der Waals surface area contributed by atoms with Gasteiger partial charge in [0.1, 0.15) is 18.2 Å². The van der Waals surface area contributed by atoms with E-state index < -0.39 is 6.04 Å². The van der Waals surface area contributed by atoms with Crippen LogP contribution in [0.2, 0.25) is 5.02 Å². The number of aromatic hydroxyl groups is 1. The number of phenols is 1. The zero-order valence-electron chi connectivity index (χ0n) is 17.3. The van der Waals surface area contributed by atoms with Crippen LogP contribution in [0, 0.1) is 0 Å². The Morgan fingerprint density at radius 3 is 2.88 bits per heavy atom. The quantitative estimate of drug-likeness (QED) is 0.410. The summed E-state index contributed by atoms with van der Waals surface area (Å²) in [5.74, 6) is 0.117. The molecule has 166 valence electrons. The van der Waals surface area contributed by atoms with Crippen LogP contribution in [0.15, 0.2) is 36.7 Å². The van der Waals surface area contributed by atoms with Crippen LogP contribution in [0.25, 0.3) is 10.9 Å². The number of ether oxygens (including phenoxy) is 1. The van der Waals surface area contributed by atoms with Crippen molar-refractivity contribution in [2.75, 3.05) is 18.5 Å². The maximum absolute atomic E-state index is 12.6. The molecule has 0 spiro atoms. The van der Waals surface area contributed by atoms with Gasteiger partial charge in [0.25, 0.3) is 0 Å². The van der Waals surface area contributed by atoms with E-state index in [0.717, 1.165) is 0 Å². The van der Waals surface area contributed by atoms with Crippen LogP contribution in [0.3, 0.4) is 0 Å². The lowest BCUT2D eigenvalue weighted by Crippen LogP contribution is -2.45. The first-order valence-electron chi connectivity index (χ1n) is 10.1. The molecule has 1 aliphatic heterocycles. The molecule has 0 radical (unpaired) electrons. The van der Waals surface area contributed by atoms with E-state index in [-0.39, 0.29) is 36.3 Å². The second-order valence-electron chi connectivity index (χ2n) is 7.44. The Labute approximate surface area is 189 Å². The first-order chi connectivity index (χ1) is 15.4. The van der Waals surface area contributed by atoms with Crippen LogP contribution in [-0.4, -0.2) is 46.1 Å². The number of halogens is 1. The molecule has 1 unspecified atom stereocenters. The van der Waals surface area contributed by atoms with E-state index >= 15 is 0 Å². The number of rotatable bonds is 0. The number of carbonyl (C=O) groups is 2. The second kappa shape index (κ2) is 9.27. The normalized spacial score (nSPS) is 17.5. The highest BCUT2D eigenvalue weighted by molar-refractivity contribution is 6.31. The predicted molar refractivity (Wildman–Crippen MR) is 120 cm³/mol. The van der Waals surface area contributed by atoms with Gasteiger partial charge in [0.05, 0.1) is 18.5 Å². The summed E-state index contributed by atoms with van der Waals surface area (Å²) in [4.78, 5) is 33.4. The first kappa shape index (κ1) is 21.6. The summed E-state index contributed by atoms with van der Waals surface area (Å²) in [7, 11) is 0. The number of anilines is 2. The number of carbonyl (C=O) groups excluding carboxylic acids is 2. The van der Waals surface area contributed by atoms with Crippen LogP contribution in [0.1, 0.15) is 18.9 Å². The number of amides is 2. The Bertz CT molecular complexity index is 1190. The highest BCUT2D eigenvalue weighted by Crippen LogP contribution is 2.35. The molecule has 2 amide bonds. The zero-order chi connectivity index (χ0) is 22.7. The molecule has 4 rings (SSSR count). The van der Waals surface area contributed by atoms with Crippen molar-refractivity contribution >= 4 is 45.8 Å².